The van der Waals surface area contributed by atoms with Gasteiger partial charge in [-0.05, 0) is 29.7 Å². The third-order valence-corrected chi connectivity index (χ3v) is 4.23. The zero-order valence-corrected chi connectivity index (χ0v) is 13.7. The molecule has 0 bridgehead atoms. The van der Waals surface area contributed by atoms with Gasteiger partial charge in [-0.3, -0.25) is 0 Å². The lowest BCUT2D eigenvalue weighted by Crippen LogP contribution is -2.21. The Balaban J connectivity index is 1.76. The van der Waals surface area contributed by atoms with E-state index in [4.69, 9.17) is 14.2 Å². The van der Waals surface area contributed by atoms with Gasteiger partial charge >= 0.3 is 0 Å². The molecule has 1 unspecified atom stereocenters. The molecule has 0 spiro atoms. The van der Waals surface area contributed by atoms with Crippen LogP contribution in [0.2, 0.25) is 0 Å². The van der Waals surface area contributed by atoms with E-state index in [2.05, 4.69) is 41.7 Å². The number of methoxy groups -OCH3 is 1. The molecule has 0 amide bonds. The topological polar surface area (TPSA) is 39.7 Å². The molecular formula is C19H25NO3. The Morgan fingerprint density at radius 3 is 2.96 bits per heavy atom. The minimum atomic E-state index is 0.232. The van der Waals surface area contributed by atoms with E-state index in [1.807, 2.05) is 0 Å². The second kappa shape index (κ2) is 8.29. The number of hydrogen-bond donors (Lipinski definition) is 1. The molecule has 0 saturated carbocycles. The molecule has 1 fully saturated rings. The number of fused-ring (bicyclic) bond motifs is 1. The fourth-order valence-electron chi connectivity index (χ4n) is 2.98. The van der Waals surface area contributed by atoms with Crippen molar-refractivity contribution in [2.75, 3.05) is 33.5 Å². The highest BCUT2D eigenvalue weighted by atomic mass is 16.5. The van der Waals surface area contributed by atoms with Crippen molar-refractivity contribution in [1.29, 1.82) is 0 Å². The van der Waals surface area contributed by atoms with Gasteiger partial charge in [0.25, 0.3) is 0 Å². The number of nitrogens with one attached hydrogen (secondary N) is 1. The van der Waals surface area contributed by atoms with Crippen molar-refractivity contribution in [3.63, 3.8) is 0 Å². The summed E-state index contributed by atoms with van der Waals surface area (Å²) >= 11 is 0. The van der Waals surface area contributed by atoms with Gasteiger partial charge < -0.3 is 19.5 Å². The molecule has 4 nitrogen and oxygen atoms in total. The van der Waals surface area contributed by atoms with Crippen LogP contribution in [-0.2, 0) is 16.0 Å². The summed E-state index contributed by atoms with van der Waals surface area (Å²) in [6.07, 6.45) is 2.46. The smallest absolute Gasteiger partial charge is 0.124 e. The monoisotopic (exact) mass is 315 g/mol. The second-order valence-electron chi connectivity index (χ2n) is 5.88. The summed E-state index contributed by atoms with van der Waals surface area (Å²) in [6.45, 7) is 3.79. The molecule has 23 heavy (non-hydrogen) atoms. The normalized spacial score (nSPS) is 17.7. The Morgan fingerprint density at radius 2 is 2.13 bits per heavy atom. The average Bonchev–Trinajstić information content (AvgIpc) is 3.11. The van der Waals surface area contributed by atoms with Gasteiger partial charge in [-0.15, -0.1) is 0 Å². The van der Waals surface area contributed by atoms with E-state index in [1.54, 1.807) is 7.11 Å². The summed E-state index contributed by atoms with van der Waals surface area (Å²) < 4.78 is 16.9. The first-order valence-electron chi connectivity index (χ1n) is 8.33. The minimum absolute atomic E-state index is 0.232. The third kappa shape index (κ3) is 4.22. The Hall–Kier alpha value is -1.62. The molecule has 0 radical (unpaired) electrons. The summed E-state index contributed by atoms with van der Waals surface area (Å²) in [4.78, 5) is 0. The van der Waals surface area contributed by atoms with Gasteiger partial charge in [0.1, 0.15) is 12.4 Å². The van der Waals surface area contributed by atoms with Crippen LogP contribution in [0.3, 0.4) is 0 Å². The lowest BCUT2D eigenvalue weighted by atomic mass is 10.0. The average molecular weight is 315 g/mol. The molecule has 0 aromatic heterocycles. The molecular weight excluding hydrogens is 290 g/mol. The zero-order valence-electron chi connectivity index (χ0n) is 13.7. The molecule has 2 aromatic carbocycles. The molecule has 0 aliphatic carbocycles. The lowest BCUT2D eigenvalue weighted by molar-refractivity contribution is 0.0676. The first-order valence-corrected chi connectivity index (χ1v) is 8.33. The van der Waals surface area contributed by atoms with E-state index < -0.39 is 0 Å². The molecule has 1 atom stereocenters. The summed E-state index contributed by atoms with van der Waals surface area (Å²) in [7, 11) is 1.72. The van der Waals surface area contributed by atoms with Gasteiger partial charge in [-0.1, -0.05) is 30.3 Å². The molecule has 1 N–H and O–H groups in total. The van der Waals surface area contributed by atoms with Crippen molar-refractivity contribution >= 4 is 10.8 Å². The van der Waals surface area contributed by atoms with Crippen LogP contribution in [0.25, 0.3) is 10.8 Å². The predicted molar refractivity (Wildman–Crippen MR) is 92.0 cm³/mol. The van der Waals surface area contributed by atoms with Crippen molar-refractivity contribution in [3.05, 3.63) is 42.0 Å². The van der Waals surface area contributed by atoms with Crippen LogP contribution in [0.1, 0.15) is 18.4 Å². The summed E-state index contributed by atoms with van der Waals surface area (Å²) in [6, 6.07) is 12.6. The zero-order chi connectivity index (χ0) is 15.9. The molecule has 1 heterocycles. The SMILES string of the molecule is COCCNCc1c(OCC2CCCO2)ccc2ccccc12. The Kier molecular flexibility index (Phi) is 5.86. The second-order valence-corrected chi connectivity index (χ2v) is 5.88. The van der Waals surface area contributed by atoms with Gasteiger partial charge in [0.05, 0.1) is 12.7 Å². The lowest BCUT2D eigenvalue weighted by Gasteiger charge is -2.17. The van der Waals surface area contributed by atoms with E-state index in [1.165, 1.54) is 16.3 Å². The van der Waals surface area contributed by atoms with Crippen molar-refractivity contribution in [2.24, 2.45) is 0 Å². The molecule has 3 rings (SSSR count). The Morgan fingerprint density at radius 1 is 1.22 bits per heavy atom. The Bertz CT molecular complexity index is 623. The van der Waals surface area contributed by atoms with Crippen molar-refractivity contribution in [2.45, 2.75) is 25.5 Å². The van der Waals surface area contributed by atoms with E-state index >= 15 is 0 Å². The molecule has 1 aliphatic rings. The highest BCUT2D eigenvalue weighted by Gasteiger charge is 2.17. The quantitative estimate of drug-likeness (QED) is 0.760. The first-order chi connectivity index (χ1) is 11.4. The van der Waals surface area contributed by atoms with E-state index in [0.717, 1.165) is 38.3 Å². The molecule has 124 valence electrons. The maximum absolute atomic E-state index is 6.09. The van der Waals surface area contributed by atoms with Crippen LogP contribution in [0, 0.1) is 0 Å². The van der Waals surface area contributed by atoms with Crippen LogP contribution in [0.5, 0.6) is 5.75 Å². The van der Waals surface area contributed by atoms with Crippen LogP contribution < -0.4 is 10.1 Å². The van der Waals surface area contributed by atoms with Crippen molar-refractivity contribution in [1.82, 2.24) is 5.32 Å². The van der Waals surface area contributed by atoms with Crippen LogP contribution in [0.4, 0.5) is 0 Å². The highest BCUT2D eigenvalue weighted by molar-refractivity contribution is 5.87. The number of ether oxygens (including phenoxy) is 3. The third-order valence-electron chi connectivity index (χ3n) is 4.23. The highest BCUT2D eigenvalue weighted by Crippen LogP contribution is 2.28. The standard InChI is InChI=1S/C19H25NO3/c1-21-12-10-20-13-18-17-7-3-2-5-15(17)8-9-19(18)23-14-16-6-4-11-22-16/h2-3,5,7-9,16,20H,4,6,10-14H2,1H3. The summed E-state index contributed by atoms with van der Waals surface area (Å²) in [5.41, 5.74) is 1.21. The maximum Gasteiger partial charge on any atom is 0.124 e. The molecule has 2 aromatic rings. The minimum Gasteiger partial charge on any atom is -0.491 e. The van der Waals surface area contributed by atoms with Gasteiger partial charge in [0.2, 0.25) is 0 Å². The predicted octanol–water partition coefficient (Wildman–Crippen LogP) is 3.13. The van der Waals surface area contributed by atoms with Gasteiger partial charge in [0, 0.05) is 32.4 Å². The van der Waals surface area contributed by atoms with Crippen LogP contribution in [-0.4, -0.2) is 39.6 Å². The fraction of sp³-hybridized carbons (Fsp3) is 0.474. The van der Waals surface area contributed by atoms with Crippen LogP contribution >= 0.6 is 0 Å². The number of hydrogen-bond acceptors (Lipinski definition) is 4. The molecule has 4 heteroatoms. The van der Waals surface area contributed by atoms with E-state index in [0.29, 0.717) is 13.2 Å². The van der Waals surface area contributed by atoms with Crippen LogP contribution in [0.15, 0.2) is 36.4 Å². The first kappa shape index (κ1) is 16.2. The van der Waals surface area contributed by atoms with Gasteiger partial charge in [-0.25, -0.2) is 0 Å². The van der Waals surface area contributed by atoms with Gasteiger partial charge in [0.15, 0.2) is 0 Å². The Labute approximate surface area is 137 Å². The van der Waals surface area contributed by atoms with Crippen molar-refractivity contribution < 1.29 is 14.2 Å². The fourth-order valence-corrected chi connectivity index (χ4v) is 2.98. The number of rotatable bonds is 8. The van der Waals surface area contributed by atoms with E-state index in [9.17, 15) is 0 Å². The molecule has 1 aliphatic heterocycles. The van der Waals surface area contributed by atoms with Crippen molar-refractivity contribution in [3.8, 4) is 5.75 Å². The summed E-state index contributed by atoms with van der Waals surface area (Å²) in [5, 5.41) is 5.90. The van der Waals surface area contributed by atoms with Gasteiger partial charge in [-0.2, -0.15) is 0 Å². The summed E-state index contributed by atoms with van der Waals surface area (Å²) in [5.74, 6) is 0.948. The number of benzene rings is 2. The van der Waals surface area contributed by atoms with E-state index in [-0.39, 0.29) is 6.10 Å². The maximum atomic E-state index is 6.09. The molecule has 1 saturated heterocycles. The largest absolute Gasteiger partial charge is 0.491 e.